The van der Waals surface area contributed by atoms with Gasteiger partial charge in [0.05, 0.1) is 0 Å². The zero-order valence-electron chi connectivity index (χ0n) is 12.3. The Hall–Kier alpha value is -0.0300. The number of nitrogens with zero attached hydrogens (tertiary/aromatic N) is 1. The second-order valence-electron chi connectivity index (χ2n) is 4.98. The second-order valence-corrected chi connectivity index (χ2v) is 4.98. The first-order valence-electron chi connectivity index (χ1n) is 6.85. The van der Waals surface area contributed by atoms with Gasteiger partial charge in [-0.05, 0) is 33.0 Å². The molecule has 0 aromatic rings. The van der Waals surface area contributed by atoms with Crippen molar-refractivity contribution in [1.29, 1.82) is 0 Å². The third-order valence-corrected chi connectivity index (χ3v) is 3.63. The molecule has 0 aromatic carbocycles. The molecule has 1 aliphatic rings. The summed E-state index contributed by atoms with van der Waals surface area (Å²) in [6.45, 7) is 7.98. The van der Waals surface area contributed by atoms with Crippen LogP contribution in [0.4, 0.5) is 0 Å². The van der Waals surface area contributed by atoms with Crippen molar-refractivity contribution in [3.63, 3.8) is 0 Å². The number of hydrogen-bond donors (Lipinski definition) is 2. The van der Waals surface area contributed by atoms with Gasteiger partial charge in [0, 0.05) is 25.0 Å². The minimum Gasteiger partial charge on any atom is -0.354 e. The average molecular weight is 314 g/mol. The SMILES string of the molecule is CCN1CCCCC1CNC(=O)C(C)CNC.Cl.Cl. The predicted octanol–water partition coefficient (Wildman–Crippen LogP) is 1.68. The van der Waals surface area contributed by atoms with Crippen molar-refractivity contribution in [3.8, 4) is 0 Å². The third kappa shape index (κ3) is 7.35. The molecule has 4 nitrogen and oxygen atoms in total. The van der Waals surface area contributed by atoms with Crippen LogP contribution in [-0.4, -0.2) is 50.1 Å². The van der Waals surface area contributed by atoms with E-state index in [0.29, 0.717) is 6.04 Å². The van der Waals surface area contributed by atoms with E-state index < -0.39 is 0 Å². The molecular formula is C13H29Cl2N3O. The fraction of sp³-hybridized carbons (Fsp3) is 0.923. The number of likely N-dealkylation sites (tertiary alicyclic amines) is 1. The van der Waals surface area contributed by atoms with Gasteiger partial charge in [-0.2, -0.15) is 0 Å². The molecule has 0 aromatic heterocycles. The van der Waals surface area contributed by atoms with Crippen LogP contribution in [0, 0.1) is 5.92 Å². The number of nitrogens with one attached hydrogen (secondary N) is 2. The van der Waals surface area contributed by atoms with Crippen molar-refractivity contribution in [2.45, 2.75) is 39.2 Å². The van der Waals surface area contributed by atoms with Gasteiger partial charge in [-0.3, -0.25) is 9.69 Å². The Kier molecular flexibility index (Phi) is 13.2. The van der Waals surface area contributed by atoms with Crippen molar-refractivity contribution < 1.29 is 4.79 Å². The van der Waals surface area contributed by atoms with Crippen LogP contribution in [0.3, 0.4) is 0 Å². The normalized spacial score (nSPS) is 20.9. The van der Waals surface area contributed by atoms with Gasteiger partial charge in [-0.1, -0.05) is 20.3 Å². The Balaban J connectivity index is 0. The van der Waals surface area contributed by atoms with Crippen LogP contribution in [0.25, 0.3) is 0 Å². The summed E-state index contributed by atoms with van der Waals surface area (Å²) in [5.41, 5.74) is 0. The Morgan fingerprint density at radius 2 is 2.05 bits per heavy atom. The molecule has 2 atom stereocenters. The highest BCUT2D eigenvalue weighted by Gasteiger charge is 2.22. The van der Waals surface area contributed by atoms with Gasteiger partial charge >= 0.3 is 0 Å². The van der Waals surface area contributed by atoms with Gasteiger partial charge in [-0.25, -0.2) is 0 Å². The number of likely N-dealkylation sites (N-methyl/N-ethyl adjacent to an activating group) is 1. The average Bonchev–Trinajstić information content (AvgIpc) is 2.36. The molecule has 1 aliphatic heterocycles. The van der Waals surface area contributed by atoms with E-state index in [1.165, 1.54) is 25.8 Å². The molecule has 0 radical (unpaired) electrons. The van der Waals surface area contributed by atoms with Crippen LogP contribution in [0.2, 0.25) is 0 Å². The maximum atomic E-state index is 11.8. The zero-order chi connectivity index (χ0) is 12.7. The molecule has 0 aliphatic carbocycles. The molecule has 0 spiro atoms. The number of carbonyl (C=O) groups is 1. The Morgan fingerprint density at radius 3 is 2.63 bits per heavy atom. The van der Waals surface area contributed by atoms with Crippen LogP contribution in [-0.2, 0) is 4.79 Å². The molecule has 116 valence electrons. The molecule has 1 heterocycles. The maximum Gasteiger partial charge on any atom is 0.224 e. The summed E-state index contributed by atoms with van der Waals surface area (Å²) < 4.78 is 0. The fourth-order valence-electron chi connectivity index (χ4n) is 2.50. The van der Waals surface area contributed by atoms with Crippen LogP contribution >= 0.6 is 24.8 Å². The number of piperidine rings is 1. The Bertz CT molecular complexity index is 242. The van der Waals surface area contributed by atoms with E-state index >= 15 is 0 Å². The largest absolute Gasteiger partial charge is 0.354 e. The van der Waals surface area contributed by atoms with Gasteiger partial charge in [0.2, 0.25) is 5.91 Å². The molecular weight excluding hydrogens is 285 g/mol. The molecule has 0 saturated carbocycles. The molecule has 6 heteroatoms. The molecule has 2 unspecified atom stereocenters. The number of carbonyl (C=O) groups excluding carboxylic acids is 1. The highest BCUT2D eigenvalue weighted by Crippen LogP contribution is 2.15. The van der Waals surface area contributed by atoms with E-state index in [9.17, 15) is 4.79 Å². The Labute approximate surface area is 129 Å². The molecule has 2 N–H and O–H groups in total. The number of halogens is 2. The van der Waals surface area contributed by atoms with Gasteiger partial charge in [0.25, 0.3) is 0 Å². The minimum absolute atomic E-state index is 0. The van der Waals surface area contributed by atoms with Crippen molar-refractivity contribution in [2.75, 3.05) is 33.2 Å². The summed E-state index contributed by atoms with van der Waals surface area (Å²) in [6, 6.07) is 0.541. The number of amides is 1. The lowest BCUT2D eigenvalue weighted by Gasteiger charge is -2.35. The van der Waals surface area contributed by atoms with E-state index in [1.807, 2.05) is 14.0 Å². The van der Waals surface area contributed by atoms with Crippen molar-refractivity contribution in [1.82, 2.24) is 15.5 Å². The van der Waals surface area contributed by atoms with Crippen molar-refractivity contribution in [3.05, 3.63) is 0 Å². The highest BCUT2D eigenvalue weighted by molar-refractivity contribution is 5.85. The van der Waals surface area contributed by atoms with Gasteiger partial charge < -0.3 is 10.6 Å². The number of rotatable bonds is 6. The van der Waals surface area contributed by atoms with Crippen LogP contribution in [0.1, 0.15) is 33.1 Å². The summed E-state index contributed by atoms with van der Waals surface area (Å²) in [5.74, 6) is 0.222. The molecule has 1 fully saturated rings. The van der Waals surface area contributed by atoms with E-state index in [2.05, 4.69) is 22.5 Å². The van der Waals surface area contributed by atoms with Crippen molar-refractivity contribution in [2.24, 2.45) is 5.92 Å². The maximum absolute atomic E-state index is 11.8. The van der Waals surface area contributed by atoms with Crippen LogP contribution in [0.15, 0.2) is 0 Å². The lowest BCUT2D eigenvalue weighted by Crippen LogP contribution is -2.47. The zero-order valence-corrected chi connectivity index (χ0v) is 13.9. The molecule has 1 saturated heterocycles. The topological polar surface area (TPSA) is 44.4 Å². The first-order chi connectivity index (χ1) is 8.19. The fourth-order valence-corrected chi connectivity index (χ4v) is 2.50. The molecule has 1 amide bonds. The lowest BCUT2D eigenvalue weighted by atomic mass is 10.0. The van der Waals surface area contributed by atoms with Crippen molar-refractivity contribution >= 4 is 30.7 Å². The first kappa shape index (κ1) is 21.3. The van der Waals surface area contributed by atoms with E-state index in [1.54, 1.807) is 0 Å². The lowest BCUT2D eigenvalue weighted by molar-refractivity contribution is -0.124. The quantitative estimate of drug-likeness (QED) is 0.784. The van der Waals surface area contributed by atoms with Gasteiger partial charge in [0.1, 0.15) is 0 Å². The van der Waals surface area contributed by atoms with E-state index in [-0.39, 0.29) is 36.6 Å². The van der Waals surface area contributed by atoms with Gasteiger partial charge in [0.15, 0.2) is 0 Å². The monoisotopic (exact) mass is 313 g/mol. The standard InChI is InChI=1S/C13H27N3O.2ClH/c1-4-16-8-6-5-7-12(16)10-15-13(17)11(2)9-14-3;;/h11-12,14H,4-10H2,1-3H3,(H,15,17);2*1H. The summed E-state index contributed by atoms with van der Waals surface area (Å²) >= 11 is 0. The minimum atomic E-state index is 0. The Morgan fingerprint density at radius 1 is 1.37 bits per heavy atom. The smallest absolute Gasteiger partial charge is 0.224 e. The molecule has 0 bridgehead atoms. The third-order valence-electron chi connectivity index (χ3n) is 3.63. The second kappa shape index (κ2) is 11.8. The van der Waals surface area contributed by atoms with Crippen LogP contribution in [0.5, 0.6) is 0 Å². The summed E-state index contributed by atoms with van der Waals surface area (Å²) in [7, 11) is 1.88. The van der Waals surface area contributed by atoms with E-state index in [4.69, 9.17) is 0 Å². The van der Waals surface area contributed by atoms with Gasteiger partial charge in [-0.15, -0.1) is 24.8 Å². The summed E-state index contributed by atoms with van der Waals surface area (Å²) in [5, 5.41) is 6.12. The molecule has 1 rings (SSSR count). The van der Waals surface area contributed by atoms with Crippen LogP contribution < -0.4 is 10.6 Å². The predicted molar refractivity (Wildman–Crippen MR) is 85.5 cm³/mol. The van der Waals surface area contributed by atoms with E-state index in [0.717, 1.165) is 19.6 Å². The first-order valence-corrected chi connectivity index (χ1v) is 6.85. The highest BCUT2D eigenvalue weighted by atomic mass is 35.5. The summed E-state index contributed by atoms with van der Waals surface area (Å²) in [4.78, 5) is 14.3. The number of hydrogen-bond acceptors (Lipinski definition) is 3. The molecule has 19 heavy (non-hydrogen) atoms. The summed E-state index contributed by atoms with van der Waals surface area (Å²) in [6.07, 6.45) is 3.81.